The lowest BCUT2D eigenvalue weighted by Crippen LogP contribution is -2.37. The molecule has 1 aliphatic rings. The summed E-state index contributed by atoms with van der Waals surface area (Å²) in [6.07, 6.45) is 4.15. The van der Waals surface area contributed by atoms with Gasteiger partial charge < -0.3 is 14.4 Å². The lowest BCUT2D eigenvalue weighted by Gasteiger charge is -2.28. The standard InChI is InChI=1S/C26H26N6O2/c1-2-6-21-17-23(9-8-20(21)5-1)31-28-19-24-18-25(32-12-15-33-16-13-32)30-26(29-24)34-14-10-22-7-3-4-11-27-22/h1-9,11,17-19,31H,10,12-16H2/b28-19+. The van der Waals surface area contributed by atoms with Crippen LogP contribution in [0.1, 0.15) is 11.4 Å². The quantitative estimate of drug-likeness (QED) is 0.319. The average Bonchev–Trinajstić information content (AvgIpc) is 2.90. The van der Waals surface area contributed by atoms with Gasteiger partial charge in [0.15, 0.2) is 0 Å². The van der Waals surface area contributed by atoms with Gasteiger partial charge in [-0.3, -0.25) is 10.4 Å². The molecule has 0 aliphatic carbocycles. The van der Waals surface area contributed by atoms with E-state index >= 15 is 0 Å². The van der Waals surface area contributed by atoms with Crippen molar-refractivity contribution in [2.45, 2.75) is 6.42 Å². The number of nitrogens with zero attached hydrogens (tertiary/aromatic N) is 5. The van der Waals surface area contributed by atoms with Gasteiger partial charge in [-0.25, -0.2) is 0 Å². The van der Waals surface area contributed by atoms with Gasteiger partial charge in [-0.15, -0.1) is 0 Å². The Hall–Kier alpha value is -4.04. The van der Waals surface area contributed by atoms with Gasteiger partial charge in [-0.05, 0) is 35.0 Å². The maximum Gasteiger partial charge on any atom is 0.318 e. The molecule has 0 bridgehead atoms. The molecular weight excluding hydrogens is 428 g/mol. The third kappa shape index (κ3) is 5.65. The van der Waals surface area contributed by atoms with E-state index < -0.39 is 0 Å². The second-order valence-corrected chi connectivity index (χ2v) is 7.88. The van der Waals surface area contributed by atoms with Crippen LogP contribution in [-0.2, 0) is 11.2 Å². The van der Waals surface area contributed by atoms with Crippen LogP contribution in [0.5, 0.6) is 6.01 Å². The van der Waals surface area contributed by atoms with E-state index in [2.05, 4.69) is 54.6 Å². The van der Waals surface area contributed by atoms with E-state index in [1.165, 1.54) is 5.39 Å². The lowest BCUT2D eigenvalue weighted by atomic mass is 10.1. The zero-order valence-electron chi connectivity index (χ0n) is 18.8. The zero-order valence-corrected chi connectivity index (χ0v) is 18.8. The maximum absolute atomic E-state index is 5.89. The molecule has 172 valence electrons. The van der Waals surface area contributed by atoms with Crippen molar-refractivity contribution in [3.8, 4) is 6.01 Å². The number of rotatable bonds is 8. The van der Waals surface area contributed by atoms with Gasteiger partial charge in [0.2, 0.25) is 0 Å². The largest absolute Gasteiger partial charge is 0.463 e. The second kappa shape index (κ2) is 10.7. The fourth-order valence-corrected chi connectivity index (χ4v) is 3.74. The van der Waals surface area contributed by atoms with Crippen LogP contribution in [0.3, 0.4) is 0 Å². The van der Waals surface area contributed by atoms with Gasteiger partial charge in [0.25, 0.3) is 0 Å². The van der Waals surface area contributed by atoms with Crippen molar-refractivity contribution in [2.24, 2.45) is 5.10 Å². The van der Waals surface area contributed by atoms with E-state index in [4.69, 9.17) is 9.47 Å². The predicted octanol–water partition coefficient (Wildman–Crippen LogP) is 3.93. The molecule has 4 aromatic rings. The molecule has 5 rings (SSSR count). The zero-order chi connectivity index (χ0) is 23.0. The Morgan fingerprint density at radius 3 is 2.68 bits per heavy atom. The molecule has 0 spiro atoms. The van der Waals surface area contributed by atoms with Crippen molar-refractivity contribution in [3.63, 3.8) is 0 Å². The Labute approximate surface area is 198 Å². The fraction of sp³-hybridized carbons (Fsp3) is 0.231. The van der Waals surface area contributed by atoms with E-state index in [0.29, 0.717) is 37.9 Å². The molecule has 8 heteroatoms. The van der Waals surface area contributed by atoms with E-state index in [0.717, 1.165) is 35.7 Å². The summed E-state index contributed by atoms with van der Waals surface area (Å²) in [5.74, 6) is 0.804. The number of anilines is 2. The van der Waals surface area contributed by atoms with Gasteiger partial charge in [0, 0.05) is 37.5 Å². The molecular formula is C26H26N6O2. The Balaban J connectivity index is 1.31. The number of hydrazone groups is 1. The molecule has 1 N–H and O–H groups in total. The number of fused-ring (bicyclic) bond motifs is 1. The number of hydrogen-bond donors (Lipinski definition) is 1. The van der Waals surface area contributed by atoms with Crippen molar-refractivity contribution in [1.82, 2.24) is 15.0 Å². The van der Waals surface area contributed by atoms with Crippen molar-refractivity contribution in [1.29, 1.82) is 0 Å². The summed E-state index contributed by atoms with van der Waals surface area (Å²) in [5.41, 5.74) is 5.63. The van der Waals surface area contributed by atoms with Crippen LogP contribution in [0.4, 0.5) is 11.5 Å². The van der Waals surface area contributed by atoms with Crippen LogP contribution in [0.15, 0.2) is 78.0 Å². The molecule has 34 heavy (non-hydrogen) atoms. The lowest BCUT2D eigenvalue weighted by molar-refractivity contribution is 0.122. The summed E-state index contributed by atoms with van der Waals surface area (Å²) in [5, 5.41) is 6.75. The first kappa shape index (κ1) is 21.8. The molecule has 0 atom stereocenters. The predicted molar refractivity (Wildman–Crippen MR) is 134 cm³/mol. The van der Waals surface area contributed by atoms with Gasteiger partial charge in [-0.2, -0.15) is 15.1 Å². The summed E-state index contributed by atoms with van der Waals surface area (Å²) in [6, 6.07) is 22.5. The summed E-state index contributed by atoms with van der Waals surface area (Å²) < 4.78 is 11.4. The summed E-state index contributed by atoms with van der Waals surface area (Å²) >= 11 is 0. The minimum atomic E-state index is 0.326. The third-order valence-electron chi connectivity index (χ3n) is 5.50. The fourth-order valence-electron chi connectivity index (χ4n) is 3.74. The smallest absolute Gasteiger partial charge is 0.318 e. The van der Waals surface area contributed by atoms with Crippen LogP contribution in [0, 0.1) is 0 Å². The Kier molecular flexibility index (Phi) is 6.87. The molecule has 8 nitrogen and oxygen atoms in total. The molecule has 3 heterocycles. The van der Waals surface area contributed by atoms with Crippen LogP contribution in [0.25, 0.3) is 10.8 Å². The first-order chi connectivity index (χ1) is 16.8. The van der Waals surface area contributed by atoms with E-state index in [-0.39, 0.29) is 0 Å². The van der Waals surface area contributed by atoms with Gasteiger partial charge in [0.05, 0.1) is 37.4 Å². The highest BCUT2D eigenvalue weighted by Gasteiger charge is 2.15. The number of ether oxygens (including phenoxy) is 2. The van der Waals surface area contributed by atoms with Crippen LogP contribution in [0.2, 0.25) is 0 Å². The van der Waals surface area contributed by atoms with Crippen LogP contribution >= 0.6 is 0 Å². The van der Waals surface area contributed by atoms with Crippen molar-refractivity contribution in [2.75, 3.05) is 43.2 Å². The Morgan fingerprint density at radius 2 is 1.82 bits per heavy atom. The monoisotopic (exact) mass is 454 g/mol. The number of morpholine rings is 1. The number of hydrogen-bond acceptors (Lipinski definition) is 8. The third-order valence-corrected chi connectivity index (χ3v) is 5.50. The Morgan fingerprint density at radius 1 is 0.971 bits per heavy atom. The summed E-state index contributed by atoms with van der Waals surface area (Å²) in [7, 11) is 0. The van der Waals surface area contributed by atoms with Crippen molar-refractivity contribution in [3.05, 3.63) is 84.3 Å². The number of aromatic nitrogens is 3. The normalized spacial score (nSPS) is 13.9. The molecule has 1 saturated heterocycles. The topological polar surface area (TPSA) is 84.8 Å². The minimum absolute atomic E-state index is 0.326. The number of benzene rings is 2. The average molecular weight is 455 g/mol. The number of nitrogens with one attached hydrogen (secondary N) is 1. The van der Waals surface area contributed by atoms with E-state index in [9.17, 15) is 0 Å². The number of pyridine rings is 1. The summed E-state index contributed by atoms with van der Waals surface area (Å²) in [6.45, 7) is 3.34. The van der Waals surface area contributed by atoms with Crippen LogP contribution in [-0.4, -0.2) is 54.1 Å². The second-order valence-electron chi connectivity index (χ2n) is 7.88. The molecule has 0 saturated carbocycles. The Bertz CT molecular complexity index is 1260. The molecule has 0 unspecified atom stereocenters. The van der Waals surface area contributed by atoms with Crippen LogP contribution < -0.4 is 15.1 Å². The van der Waals surface area contributed by atoms with E-state index in [1.807, 2.05) is 42.5 Å². The highest BCUT2D eigenvalue weighted by atomic mass is 16.5. The van der Waals surface area contributed by atoms with Gasteiger partial charge in [0.1, 0.15) is 5.82 Å². The highest BCUT2D eigenvalue weighted by Crippen LogP contribution is 2.20. The first-order valence-corrected chi connectivity index (χ1v) is 11.4. The molecule has 2 aromatic carbocycles. The molecule has 0 radical (unpaired) electrons. The van der Waals surface area contributed by atoms with E-state index in [1.54, 1.807) is 12.4 Å². The summed E-state index contributed by atoms with van der Waals surface area (Å²) in [4.78, 5) is 15.7. The highest BCUT2D eigenvalue weighted by molar-refractivity contribution is 5.86. The first-order valence-electron chi connectivity index (χ1n) is 11.4. The van der Waals surface area contributed by atoms with Crippen molar-refractivity contribution >= 4 is 28.5 Å². The molecule has 1 aliphatic heterocycles. The molecule has 0 amide bonds. The van der Waals surface area contributed by atoms with Crippen molar-refractivity contribution < 1.29 is 9.47 Å². The van der Waals surface area contributed by atoms with Gasteiger partial charge >= 0.3 is 6.01 Å². The maximum atomic E-state index is 5.89. The minimum Gasteiger partial charge on any atom is -0.463 e. The molecule has 1 fully saturated rings. The SMILES string of the molecule is C(=N\Nc1ccc2ccccc2c1)/c1cc(N2CCOCC2)nc(OCCc2ccccn2)n1. The van der Waals surface area contributed by atoms with Gasteiger partial charge in [-0.1, -0.05) is 36.4 Å². The molecule has 2 aromatic heterocycles.